The Balaban J connectivity index is 3.09. The van der Waals surface area contributed by atoms with Gasteiger partial charge in [0.15, 0.2) is 0 Å². The Morgan fingerprint density at radius 1 is 1.33 bits per heavy atom. The van der Waals surface area contributed by atoms with Crippen molar-refractivity contribution in [3.05, 3.63) is 35.9 Å². The third-order valence-corrected chi connectivity index (χ3v) is 2.91. The van der Waals surface area contributed by atoms with Crippen LogP contribution in [-0.4, -0.2) is 23.9 Å². The van der Waals surface area contributed by atoms with Crippen molar-refractivity contribution in [3.63, 3.8) is 0 Å². The van der Waals surface area contributed by atoms with E-state index in [-0.39, 0.29) is 17.9 Å². The van der Waals surface area contributed by atoms with Gasteiger partial charge in [-0.3, -0.25) is 0 Å². The standard InChI is InChI=1S/C14H21NO3/c1-14(2,3)12(10-7-5-4-6-8-10)11(9-16)18-13(15)17/h4-8,11-12,16H,9H2,1-3H3,(H2,15,17)/t11-,12?/m1/s1. The predicted molar refractivity (Wildman–Crippen MR) is 70.2 cm³/mol. The number of hydrogen-bond donors (Lipinski definition) is 2. The van der Waals surface area contributed by atoms with Crippen LogP contribution in [0, 0.1) is 5.41 Å². The zero-order valence-corrected chi connectivity index (χ0v) is 11.1. The lowest BCUT2D eigenvalue weighted by atomic mass is 9.73. The fourth-order valence-corrected chi connectivity index (χ4v) is 2.29. The molecule has 1 aromatic carbocycles. The van der Waals surface area contributed by atoms with Crippen molar-refractivity contribution in [2.24, 2.45) is 11.1 Å². The number of hydrogen-bond acceptors (Lipinski definition) is 3. The Hall–Kier alpha value is -1.55. The lowest BCUT2D eigenvalue weighted by Crippen LogP contribution is -2.37. The normalized spacial score (nSPS) is 14.9. The summed E-state index contributed by atoms with van der Waals surface area (Å²) in [5, 5.41) is 9.44. The molecule has 18 heavy (non-hydrogen) atoms. The first kappa shape index (κ1) is 14.5. The van der Waals surface area contributed by atoms with E-state index in [9.17, 15) is 9.90 Å². The topological polar surface area (TPSA) is 72.6 Å². The molecule has 0 spiro atoms. The molecule has 0 bridgehead atoms. The summed E-state index contributed by atoms with van der Waals surface area (Å²) >= 11 is 0. The SMILES string of the molecule is CC(C)(C)C(c1ccccc1)[C@@H](CO)OC(N)=O. The second-order valence-electron chi connectivity index (χ2n) is 5.41. The molecule has 0 heterocycles. The van der Waals surface area contributed by atoms with Crippen molar-refractivity contribution >= 4 is 6.09 Å². The third kappa shape index (κ3) is 3.74. The zero-order chi connectivity index (χ0) is 13.8. The fraction of sp³-hybridized carbons (Fsp3) is 0.500. The number of aliphatic hydroxyl groups excluding tert-OH is 1. The summed E-state index contributed by atoms with van der Waals surface area (Å²) in [5.74, 6) is -0.115. The van der Waals surface area contributed by atoms with Gasteiger partial charge in [-0.1, -0.05) is 51.1 Å². The molecule has 0 aliphatic carbocycles. The molecule has 1 unspecified atom stereocenters. The minimum Gasteiger partial charge on any atom is -0.443 e. The number of benzene rings is 1. The van der Waals surface area contributed by atoms with Crippen molar-refractivity contribution in [1.29, 1.82) is 0 Å². The number of carbonyl (C=O) groups excluding carboxylic acids is 1. The van der Waals surface area contributed by atoms with Gasteiger partial charge in [-0.05, 0) is 11.0 Å². The first-order chi connectivity index (χ1) is 8.36. The van der Waals surface area contributed by atoms with E-state index < -0.39 is 12.2 Å². The van der Waals surface area contributed by atoms with E-state index >= 15 is 0 Å². The summed E-state index contributed by atoms with van der Waals surface area (Å²) in [4.78, 5) is 10.9. The van der Waals surface area contributed by atoms with Crippen LogP contribution >= 0.6 is 0 Å². The van der Waals surface area contributed by atoms with Crippen molar-refractivity contribution in [3.8, 4) is 0 Å². The molecular formula is C14H21NO3. The third-order valence-electron chi connectivity index (χ3n) is 2.91. The highest BCUT2D eigenvalue weighted by Gasteiger charge is 2.35. The van der Waals surface area contributed by atoms with Crippen LogP contribution in [0.4, 0.5) is 4.79 Å². The minimum absolute atomic E-state index is 0.115. The Kier molecular flexibility index (Phi) is 4.73. The Labute approximate surface area is 108 Å². The Bertz CT molecular complexity index is 384. The molecule has 4 heteroatoms. The molecule has 0 aliphatic heterocycles. The molecule has 0 aromatic heterocycles. The van der Waals surface area contributed by atoms with Gasteiger partial charge in [-0.2, -0.15) is 0 Å². The van der Waals surface area contributed by atoms with Crippen molar-refractivity contribution < 1.29 is 14.6 Å². The minimum atomic E-state index is -0.862. The average molecular weight is 251 g/mol. The van der Waals surface area contributed by atoms with E-state index in [0.717, 1.165) is 5.56 Å². The van der Waals surface area contributed by atoms with Crippen LogP contribution in [0.2, 0.25) is 0 Å². The molecule has 0 radical (unpaired) electrons. The number of aliphatic hydroxyl groups is 1. The lowest BCUT2D eigenvalue weighted by Gasteiger charge is -2.35. The van der Waals surface area contributed by atoms with Gasteiger partial charge in [0.05, 0.1) is 6.61 Å². The summed E-state index contributed by atoms with van der Waals surface area (Å²) in [6.45, 7) is 5.87. The molecule has 4 nitrogen and oxygen atoms in total. The van der Waals surface area contributed by atoms with Crippen LogP contribution in [0.15, 0.2) is 30.3 Å². The van der Waals surface area contributed by atoms with Crippen molar-refractivity contribution in [2.75, 3.05) is 6.61 Å². The van der Waals surface area contributed by atoms with Gasteiger partial charge in [0.1, 0.15) is 6.10 Å². The van der Waals surface area contributed by atoms with Gasteiger partial charge in [0, 0.05) is 5.92 Å². The second kappa shape index (κ2) is 5.87. The highest BCUT2D eigenvalue weighted by atomic mass is 16.6. The van der Waals surface area contributed by atoms with Gasteiger partial charge in [0.2, 0.25) is 0 Å². The van der Waals surface area contributed by atoms with Gasteiger partial charge >= 0.3 is 6.09 Å². The first-order valence-electron chi connectivity index (χ1n) is 5.98. The van der Waals surface area contributed by atoms with E-state index in [4.69, 9.17) is 10.5 Å². The van der Waals surface area contributed by atoms with Crippen LogP contribution in [0.1, 0.15) is 32.3 Å². The Morgan fingerprint density at radius 3 is 2.28 bits per heavy atom. The van der Waals surface area contributed by atoms with E-state index in [0.29, 0.717) is 0 Å². The van der Waals surface area contributed by atoms with E-state index in [1.165, 1.54) is 0 Å². The average Bonchev–Trinajstić information content (AvgIpc) is 2.27. The molecular weight excluding hydrogens is 230 g/mol. The molecule has 1 amide bonds. The number of ether oxygens (including phenoxy) is 1. The van der Waals surface area contributed by atoms with E-state index in [1.54, 1.807) is 0 Å². The molecule has 0 saturated heterocycles. The molecule has 0 fully saturated rings. The number of primary amides is 1. The maximum atomic E-state index is 10.9. The summed E-state index contributed by atoms with van der Waals surface area (Å²) in [6, 6.07) is 9.69. The molecule has 1 aromatic rings. The van der Waals surface area contributed by atoms with E-state index in [2.05, 4.69) is 0 Å². The van der Waals surface area contributed by atoms with Gasteiger partial charge in [-0.15, -0.1) is 0 Å². The Morgan fingerprint density at radius 2 is 1.89 bits per heavy atom. The predicted octanol–water partition coefficient (Wildman–Crippen LogP) is 2.27. The lowest BCUT2D eigenvalue weighted by molar-refractivity contribution is 0.0205. The molecule has 2 atom stereocenters. The van der Waals surface area contributed by atoms with Crippen LogP contribution in [0.5, 0.6) is 0 Å². The summed E-state index contributed by atoms with van der Waals surface area (Å²) in [7, 11) is 0. The van der Waals surface area contributed by atoms with Gasteiger partial charge in [0.25, 0.3) is 0 Å². The largest absolute Gasteiger partial charge is 0.443 e. The van der Waals surface area contributed by atoms with Crippen molar-refractivity contribution in [2.45, 2.75) is 32.8 Å². The number of nitrogens with two attached hydrogens (primary N) is 1. The second-order valence-corrected chi connectivity index (χ2v) is 5.41. The quantitative estimate of drug-likeness (QED) is 0.862. The molecule has 0 aliphatic rings. The van der Waals surface area contributed by atoms with Crippen LogP contribution in [-0.2, 0) is 4.74 Å². The monoisotopic (exact) mass is 251 g/mol. The zero-order valence-electron chi connectivity index (χ0n) is 11.1. The maximum absolute atomic E-state index is 10.9. The number of carbonyl (C=O) groups is 1. The molecule has 1 rings (SSSR count). The van der Waals surface area contributed by atoms with Gasteiger partial charge < -0.3 is 15.6 Å². The summed E-state index contributed by atoms with van der Waals surface area (Å²) in [6.07, 6.45) is -1.50. The molecule has 0 saturated carbocycles. The van der Waals surface area contributed by atoms with Crippen LogP contribution in [0.3, 0.4) is 0 Å². The molecule has 3 N–H and O–H groups in total. The number of amides is 1. The van der Waals surface area contributed by atoms with Gasteiger partial charge in [-0.25, -0.2) is 4.79 Å². The van der Waals surface area contributed by atoms with Crippen LogP contribution < -0.4 is 5.73 Å². The number of rotatable bonds is 4. The fourth-order valence-electron chi connectivity index (χ4n) is 2.29. The van der Waals surface area contributed by atoms with Crippen LogP contribution in [0.25, 0.3) is 0 Å². The van der Waals surface area contributed by atoms with Crippen molar-refractivity contribution in [1.82, 2.24) is 0 Å². The highest BCUT2D eigenvalue weighted by molar-refractivity contribution is 5.65. The highest BCUT2D eigenvalue weighted by Crippen LogP contribution is 2.38. The summed E-state index contributed by atoms with van der Waals surface area (Å²) in [5.41, 5.74) is 5.91. The smallest absolute Gasteiger partial charge is 0.404 e. The summed E-state index contributed by atoms with van der Waals surface area (Å²) < 4.78 is 5.03. The first-order valence-corrected chi connectivity index (χ1v) is 5.98. The maximum Gasteiger partial charge on any atom is 0.404 e. The van der Waals surface area contributed by atoms with E-state index in [1.807, 2.05) is 51.1 Å². The molecule has 100 valence electrons.